The standard InChI is InChI=1S/C17H20N4O4S/c1-2-19-17(22)25-13-9-24-14-12(8-23-15(13)14)21-16(26)20-11-5-3-4-10(6-11)7-18/h3-6,12-15H,2,8-9H2,1H3,(H,19,22)(H2,20,21,26)/t12-,13-,14-,15+/m0/s1. The van der Waals surface area contributed by atoms with Crippen molar-refractivity contribution >= 4 is 29.1 Å². The zero-order valence-corrected chi connectivity index (χ0v) is 15.0. The Bertz CT molecular complexity index is 723. The maximum absolute atomic E-state index is 11.6. The second-order valence-corrected chi connectivity index (χ2v) is 6.38. The first-order chi connectivity index (χ1) is 12.6. The van der Waals surface area contributed by atoms with Crippen LogP contribution in [0.25, 0.3) is 0 Å². The molecule has 2 fully saturated rings. The molecule has 0 bridgehead atoms. The Kier molecular flexibility index (Phi) is 5.88. The van der Waals surface area contributed by atoms with Gasteiger partial charge in [-0.05, 0) is 37.3 Å². The third-order valence-corrected chi connectivity index (χ3v) is 4.37. The number of ether oxygens (including phenoxy) is 3. The maximum atomic E-state index is 11.6. The van der Waals surface area contributed by atoms with Crippen molar-refractivity contribution in [1.82, 2.24) is 10.6 Å². The smallest absolute Gasteiger partial charge is 0.407 e. The van der Waals surface area contributed by atoms with E-state index in [1.165, 1.54) is 0 Å². The summed E-state index contributed by atoms with van der Waals surface area (Å²) in [5.41, 5.74) is 1.27. The Morgan fingerprint density at radius 1 is 1.38 bits per heavy atom. The van der Waals surface area contributed by atoms with E-state index in [1.807, 2.05) is 13.0 Å². The van der Waals surface area contributed by atoms with Crippen LogP contribution in [-0.2, 0) is 14.2 Å². The molecule has 3 rings (SSSR count). The summed E-state index contributed by atoms with van der Waals surface area (Å²) in [6.45, 7) is 3.00. The van der Waals surface area contributed by atoms with Gasteiger partial charge in [0.1, 0.15) is 12.2 Å². The normalized spacial score (nSPS) is 26.5. The van der Waals surface area contributed by atoms with Gasteiger partial charge in [0, 0.05) is 12.2 Å². The van der Waals surface area contributed by atoms with Gasteiger partial charge in [-0.3, -0.25) is 0 Å². The van der Waals surface area contributed by atoms with Gasteiger partial charge in [0.25, 0.3) is 0 Å². The average Bonchev–Trinajstić information content (AvgIpc) is 3.19. The highest BCUT2D eigenvalue weighted by Crippen LogP contribution is 2.29. The van der Waals surface area contributed by atoms with E-state index in [-0.39, 0.29) is 24.9 Å². The molecule has 2 aliphatic rings. The molecular weight excluding hydrogens is 356 g/mol. The predicted molar refractivity (Wildman–Crippen MR) is 97.7 cm³/mol. The molecule has 9 heteroatoms. The number of thiocarbonyl (C=S) groups is 1. The molecular formula is C17H20N4O4S. The summed E-state index contributed by atoms with van der Waals surface area (Å²) in [6.07, 6.45) is -1.48. The molecule has 26 heavy (non-hydrogen) atoms. The third kappa shape index (κ3) is 4.22. The van der Waals surface area contributed by atoms with E-state index >= 15 is 0 Å². The fourth-order valence-corrected chi connectivity index (χ4v) is 3.28. The zero-order chi connectivity index (χ0) is 18.5. The lowest BCUT2D eigenvalue weighted by atomic mass is 10.1. The number of carbonyl (C=O) groups is 1. The molecule has 1 aromatic rings. The minimum absolute atomic E-state index is 0.151. The molecule has 2 aliphatic heterocycles. The van der Waals surface area contributed by atoms with Crippen LogP contribution in [-0.4, -0.2) is 55.3 Å². The predicted octanol–water partition coefficient (Wildman–Crippen LogP) is 1.13. The van der Waals surface area contributed by atoms with Crippen molar-refractivity contribution in [1.29, 1.82) is 5.26 Å². The number of carbonyl (C=O) groups excluding carboxylic acids is 1. The van der Waals surface area contributed by atoms with Crippen LogP contribution in [0, 0.1) is 11.3 Å². The van der Waals surface area contributed by atoms with Crippen molar-refractivity contribution in [2.45, 2.75) is 31.3 Å². The van der Waals surface area contributed by atoms with Crippen LogP contribution >= 0.6 is 12.2 Å². The Labute approximate surface area is 156 Å². The summed E-state index contributed by atoms with van der Waals surface area (Å²) in [5.74, 6) is 0. The molecule has 1 amide bonds. The number of rotatable bonds is 4. The molecule has 2 saturated heterocycles. The van der Waals surface area contributed by atoms with Crippen LogP contribution < -0.4 is 16.0 Å². The first-order valence-electron chi connectivity index (χ1n) is 8.36. The first-order valence-corrected chi connectivity index (χ1v) is 8.77. The minimum atomic E-state index is -0.476. The topological polar surface area (TPSA) is 105 Å². The van der Waals surface area contributed by atoms with Crippen LogP contribution in [0.15, 0.2) is 24.3 Å². The van der Waals surface area contributed by atoms with Crippen molar-refractivity contribution in [3.63, 3.8) is 0 Å². The number of amides is 1. The lowest BCUT2D eigenvalue weighted by Gasteiger charge is -2.20. The molecule has 138 valence electrons. The van der Waals surface area contributed by atoms with Crippen LogP contribution in [0.2, 0.25) is 0 Å². The van der Waals surface area contributed by atoms with Crippen LogP contribution in [0.5, 0.6) is 0 Å². The molecule has 0 radical (unpaired) electrons. The first kappa shape index (κ1) is 18.4. The number of hydrogen-bond acceptors (Lipinski definition) is 6. The van der Waals surface area contributed by atoms with Crippen molar-refractivity contribution in [3.8, 4) is 6.07 Å². The number of fused-ring (bicyclic) bond motifs is 1. The number of nitriles is 1. The van der Waals surface area contributed by atoms with Crippen molar-refractivity contribution in [3.05, 3.63) is 29.8 Å². The van der Waals surface area contributed by atoms with Gasteiger partial charge in [0.2, 0.25) is 0 Å². The lowest BCUT2D eigenvalue weighted by molar-refractivity contribution is 0.00425. The Morgan fingerprint density at radius 2 is 2.19 bits per heavy atom. The number of nitrogens with zero attached hydrogens (tertiary/aromatic N) is 1. The highest BCUT2D eigenvalue weighted by Gasteiger charge is 2.49. The van der Waals surface area contributed by atoms with E-state index in [9.17, 15) is 4.79 Å². The van der Waals surface area contributed by atoms with Crippen molar-refractivity contribution in [2.24, 2.45) is 0 Å². The molecule has 2 heterocycles. The Balaban J connectivity index is 1.53. The van der Waals surface area contributed by atoms with E-state index in [4.69, 9.17) is 31.7 Å². The monoisotopic (exact) mass is 376 g/mol. The Morgan fingerprint density at radius 3 is 2.96 bits per heavy atom. The van der Waals surface area contributed by atoms with E-state index in [0.717, 1.165) is 5.69 Å². The number of anilines is 1. The van der Waals surface area contributed by atoms with Crippen LogP contribution in [0.1, 0.15) is 12.5 Å². The van der Waals surface area contributed by atoms with Gasteiger partial charge in [-0.2, -0.15) is 5.26 Å². The van der Waals surface area contributed by atoms with Gasteiger partial charge < -0.3 is 30.2 Å². The van der Waals surface area contributed by atoms with Gasteiger partial charge in [-0.25, -0.2) is 4.79 Å². The van der Waals surface area contributed by atoms with Gasteiger partial charge in [-0.1, -0.05) is 6.07 Å². The highest BCUT2D eigenvalue weighted by molar-refractivity contribution is 7.80. The molecule has 0 unspecified atom stereocenters. The minimum Gasteiger partial charge on any atom is -0.441 e. The maximum Gasteiger partial charge on any atom is 0.407 e. The van der Waals surface area contributed by atoms with E-state index < -0.39 is 12.2 Å². The molecule has 3 N–H and O–H groups in total. The number of nitrogens with one attached hydrogen (secondary N) is 3. The highest BCUT2D eigenvalue weighted by atomic mass is 32.1. The second kappa shape index (κ2) is 8.31. The SMILES string of the molecule is CCNC(=O)O[C@H]1CO[C@@H]2[C@@H]1OC[C@@H]2NC(=S)Nc1cccc(C#N)c1. The fraction of sp³-hybridized carbons (Fsp3) is 0.471. The summed E-state index contributed by atoms with van der Waals surface area (Å²) >= 11 is 5.33. The van der Waals surface area contributed by atoms with Gasteiger partial charge >= 0.3 is 6.09 Å². The fourth-order valence-electron chi connectivity index (χ4n) is 3.01. The van der Waals surface area contributed by atoms with Gasteiger partial charge in [0.05, 0.1) is 30.9 Å². The molecule has 0 saturated carbocycles. The molecule has 1 aromatic carbocycles. The molecule has 0 aromatic heterocycles. The molecule has 8 nitrogen and oxygen atoms in total. The Hall–Kier alpha value is -2.41. The van der Waals surface area contributed by atoms with Crippen molar-refractivity contribution < 1.29 is 19.0 Å². The average molecular weight is 376 g/mol. The summed E-state index contributed by atoms with van der Waals surface area (Å²) in [4.78, 5) is 11.6. The van der Waals surface area contributed by atoms with E-state index in [2.05, 4.69) is 22.0 Å². The second-order valence-electron chi connectivity index (χ2n) is 5.97. The summed E-state index contributed by atoms with van der Waals surface area (Å²) < 4.78 is 16.8. The van der Waals surface area contributed by atoms with Crippen molar-refractivity contribution in [2.75, 3.05) is 25.1 Å². The van der Waals surface area contributed by atoms with E-state index in [0.29, 0.717) is 23.8 Å². The van der Waals surface area contributed by atoms with Crippen LogP contribution in [0.3, 0.4) is 0 Å². The van der Waals surface area contributed by atoms with Gasteiger partial charge in [0.15, 0.2) is 11.2 Å². The lowest BCUT2D eigenvalue weighted by Crippen LogP contribution is -2.46. The number of benzene rings is 1. The summed E-state index contributed by atoms with van der Waals surface area (Å²) in [6, 6.07) is 8.97. The summed E-state index contributed by atoms with van der Waals surface area (Å²) in [7, 11) is 0. The van der Waals surface area contributed by atoms with Crippen LogP contribution in [0.4, 0.5) is 10.5 Å². The van der Waals surface area contributed by atoms with Gasteiger partial charge in [-0.15, -0.1) is 0 Å². The number of hydrogen-bond donors (Lipinski definition) is 3. The number of alkyl carbamates (subject to hydrolysis) is 1. The third-order valence-electron chi connectivity index (χ3n) is 4.15. The van der Waals surface area contributed by atoms with E-state index in [1.54, 1.807) is 18.2 Å². The molecule has 0 spiro atoms. The molecule has 0 aliphatic carbocycles. The zero-order valence-electron chi connectivity index (χ0n) is 14.2. The molecule has 4 atom stereocenters. The largest absolute Gasteiger partial charge is 0.441 e. The summed E-state index contributed by atoms with van der Waals surface area (Å²) in [5, 5.41) is 18.2. The quantitative estimate of drug-likeness (QED) is 0.672.